The van der Waals surface area contributed by atoms with Gasteiger partial charge in [-0.2, -0.15) is 0 Å². The van der Waals surface area contributed by atoms with Crippen LogP contribution < -0.4 is 4.74 Å². The van der Waals surface area contributed by atoms with Crippen LogP contribution in [0.4, 0.5) is 0 Å². The van der Waals surface area contributed by atoms with Crippen LogP contribution in [0.15, 0.2) is 24.3 Å². The number of hydrogen-bond donors (Lipinski definition) is 0. The van der Waals surface area contributed by atoms with E-state index in [1.54, 1.807) is 7.11 Å². The zero-order valence-corrected chi connectivity index (χ0v) is 16.7. The van der Waals surface area contributed by atoms with E-state index in [0.29, 0.717) is 44.9 Å². The van der Waals surface area contributed by atoms with Crippen molar-refractivity contribution >= 4 is 11.8 Å². The maximum Gasteiger partial charge on any atom is 0.225 e. The van der Waals surface area contributed by atoms with Gasteiger partial charge >= 0.3 is 0 Å². The van der Waals surface area contributed by atoms with Crippen LogP contribution in [-0.2, 0) is 16.0 Å². The predicted molar refractivity (Wildman–Crippen MR) is 106 cm³/mol. The van der Waals surface area contributed by atoms with Gasteiger partial charge in [0.15, 0.2) is 0 Å². The second-order valence-corrected chi connectivity index (χ2v) is 7.85. The molecule has 2 aliphatic rings. The van der Waals surface area contributed by atoms with Crippen molar-refractivity contribution in [2.24, 2.45) is 11.8 Å². The Labute approximate surface area is 162 Å². The second-order valence-electron chi connectivity index (χ2n) is 7.85. The van der Waals surface area contributed by atoms with Crippen molar-refractivity contribution in [2.45, 2.75) is 45.4 Å². The smallest absolute Gasteiger partial charge is 0.225 e. The van der Waals surface area contributed by atoms with Gasteiger partial charge in [0.25, 0.3) is 0 Å². The van der Waals surface area contributed by atoms with Crippen LogP contribution in [-0.4, -0.2) is 54.9 Å². The first-order valence-corrected chi connectivity index (χ1v) is 10.3. The molecule has 1 saturated carbocycles. The highest BCUT2D eigenvalue weighted by molar-refractivity contribution is 5.80. The van der Waals surface area contributed by atoms with Crippen LogP contribution in [0.2, 0.25) is 0 Å². The van der Waals surface area contributed by atoms with E-state index in [1.807, 2.05) is 34.1 Å². The lowest BCUT2D eigenvalue weighted by atomic mass is 9.91. The molecule has 1 saturated heterocycles. The van der Waals surface area contributed by atoms with Gasteiger partial charge in [-0.3, -0.25) is 9.59 Å². The molecule has 1 heterocycles. The van der Waals surface area contributed by atoms with Crippen LogP contribution in [0.1, 0.15) is 44.6 Å². The van der Waals surface area contributed by atoms with E-state index in [-0.39, 0.29) is 17.7 Å². The fourth-order valence-electron chi connectivity index (χ4n) is 4.43. The predicted octanol–water partition coefficient (Wildman–Crippen LogP) is 3.12. The summed E-state index contributed by atoms with van der Waals surface area (Å²) in [5, 5.41) is 0. The summed E-state index contributed by atoms with van der Waals surface area (Å²) in [5.74, 6) is 1.96. The minimum atomic E-state index is 0.125. The first-order chi connectivity index (χ1) is 13.1. The molecular formula is C22H32N2O3. The van der Waals surface area contributed by atoms with E-state index in [1.165, 1.54) is 25.7 Å². The third-order valence-corrected chi connectivity index (χ3v) is 6.24. The van der Waals surface area contributed by atoms with Gasteiger partial charge in [0, 0.05) is 38.5 Å². The number of ether oxygens (including phenoxy) is 1. The summed E-state index contributed by atoms with van der Waals surface area (Å²) in [7, 11) is 1.66. The monoisotopic (exact) mass is 372 g/mol. The van der Waals surface area contributed by atoms with E-state index >= 15 is 0 Å². The van der Waals surface area contributed by atoms with Crippen molar-refractivity contribution in [1.82, 2.24) is 9.80 Å². The summed E-state index contributed by atoms with van der Waals surface area (Å²) < 4.78 is 5.36. The molecule has 5 nitrogen and oxygen atoms in total. The molecule has 0 N–H and O–H groups in total. The number of carbonyl (C=O) groups is 2. The third kappa shape index (κ3) is 4.82. The highest BCUT2D eigenvalue weighted by atomic mass is 16.5. The minimum Gasteiger partial charge on any atom is -0.496 e. The van der Waals surface area contributed by atoms with Gasteiger partial charge in [0.05, 0.1) is 7.11 Å². The SMILES string of the molecule is COc1ccccc1CCC(=O)N1CCN(C(=O)C(C)C2CCCC2)CC1. The van der Waals surface area contributed by atoms with Crippen LogP contribution in [0, 0.1) is 11.8 Å². The Morgan fingerprint density at radius 3 is 2.37 bits per heavy atom. The molecule has 0 aromatic heterocycles. The first kappa shape index (κ1) is 19.7. The fraction of sp³-hybridized carbons (Fsp3) is 0.636. The van der Waals surface area contributed by atoms with Crippen molar-refractivity contribution in [3.05, 3.63) is 29.8 Å². The number of hydrogen-bond acceptors (Lipinski definition) is 3. The zero-order chi connectivity index (χ0) is 19.2. The number of piperazine rings is 1. The molecule has 1 atom stereocenters. The van der Waals surface area contributed by atoms with Crippen molar-refractivity contribution < 1.29 is 14.3 Å². The number of benzene rings is 1. The summed E-state index contributed by atoms with van der Waals surface area (Å²) in [6, 6.07) is 7.84. The summed E-state index contributed by atoms with van der Waals surface area (Å²) in [4.78, 5) is 29.2. The Kier molecular flexibility index (Phi) is 6.75. The molecule has 148 valence electrons. The van der Waals surface area contributed by atoms with Crippen molar-refractivity contribution in [3.63, 3.8) is 0 Å². The average Bonchev–Trinajstić information content (AvgIpc) is 3.26. The zero-order valence-electron chi connectivity index (χ0n) is 16.7. The van der Waals surface area contributed by atoms with Crippen molar-refractivity contribution in [3.8, 4) is 5.75 Å². The summed E-state index contributed by atoms with van der Waals surface area (Å²) in [5.41, 5.74) is 1.06. The van der Waals surface area contributed by atoms with Crippen LogP contribution in [0.25, 0.3) is 0 Å². The molecule has 1 aromatic rings. The second kappa shape index (κ2) is 9.25. The molecule has 0 bridgehead atoms. The van der Waals surface area contributed by atoms with E-state index < -0.39 is 0 Å². The molecule has 1 aromatic carbocycles. The van der Waals surface area contributed by atoms with Crippen molar-refractivity contribution in [2.75, 3.05) is 33.3 Å². The quantitative estimate of drug-likeness (QED) is 0.771. The minimum absolute atomic E-state index is 0.125. The molecule has 27 heavy (non-hydrogen) atoms. The first-order valence-electron chi connectivity index (χ1n) is 10.3. The molecule has 0 radical (unpaired) electrons. The third-order valence-electron chi connectivity index (χ3n) is 6.24. The molecule has 1 aliphatic carbocycles. The lowest BCUT2D eigenvalue weighted by molar-refractivity contribution is -0.142. The Balaban J connectivity index is 1.45. The molecule has 5 heteroatoms. The number of para-hydroxylation sites is 1. The van der Waals surface area contributed by atoms with Gasteiger partial charge < -0.3 is 14.5 Å². The standard InChI is InChI=1S/C22H32N2O3/c1-17(18-7-3-4-8-18)22(26)24-15-13-23(14-16-24)21(25)12-11-19-9-5-6-10-20(19)27-2/h5-6,9-10,17-18H,3-4,7-8,11-16H2,1-2H3. The van der Waals surface area contributed by atoms with Gasteiger partial charge in [-0.25, -0.2) is 0 Å². The Morgan fingerprint density at radius 1 is 1.07 bits per heavy atom. The molecule has 1 aliphatic heterocycles. The molecule has 0 spiro atoms. The normalized spacial score (nSPS) is 19.2. The number of rotatable bonds is 6. The summed E-state index contributed by atoms with van der Waals surface area (Å²) in [6.07, 6.45) is 6.06. The van der Waals surface area contributed by atoms with Crippen LogP contribution in [0.3, 0.4) is 0 Å². The maximum absolute atomic E-state index is 12.8. The number of carbonyl (C=O) groups excluding carboxylic acids is 2. The largest absolute Gasteiger partial charge is 0.496 e. The lowest BCUT2D eigenvalue weighted by Crippen LogP contribution is -2.52. The van der Waals surface area contributed by atoms with Gasteiger partial charge in [-0.1, -0.05) is 38.0 Å². The molecule has 1 unspecified atom stereocenters. The molecule has 3 rings (SSSR count). The van der Waals surface area contributed by atoms with Gasteiger partial charge in [-0.15, -0.1) is 0 Å². The van der Waals surface area contributed by atoms with Gasteiger partial charge in [-0.05, 0) is 36.8 Å². The fourth-order valence-corrected chi connectivity index (χ4v) is 4.43. The Morgan fingerprint density at radius 2 is 1.70 bits per heavy atom. The number of aryl methyl sites for hydroxylation is 1. The number of nitrogens with zero attached hydrogens (tertiary/aromatic N) is 2. The van der Waals surface area contributed by atoms with Gasteiger partial charge in [0.2, 0.25) is 11.8 Å². The van der Waals surface area contributed by atoms with Crippen LogP contribution in [0.5, 0.6) is 5.75 Å². The van der Waals surface area contributed by atoms with E-state index in [0.717, 1.165) is 11.3 Å². The highest BCUT2D eigenvalue weighted by Gasteiger charge is 2.32. The Hall–Kier alpha value is -2.04. The molecular weight excluding hydrogens is 340 g/mol. The Bertz CT molecular complexity index is 647. The topological polar surface area (TPSA) is 49.9 Å². The van der Waals surface area contributed by atoms with E-state index in [4.69, 9.17) is 4.74 Å². The number of amides is 2. The summed E-state index contributed by atoms with van der Waals surface area (Å²) >= 11 is 0. The van der Waals surface area contributed by atoms with Crippen molar-refractivity contribution in [1.29, 1.82) is 0 Å². The summed E-state index contributed by atoms with van der Waals surface area (Å²) in [6.45, 7) is 4.71. The number of methoxy groups -OCH3 is 1. The van der Waals surface area contributed by atoms with E-state index in [2.05, 4.69) is 6.92 Å². The maximum atomic E-state index is 12.8. The van der Waals surface area contributed by atoms with Gasteiger partial charge in [0.1, 0.15) is 5.75 Å². The molecule has 2 fully saturated rings. The average molecular weight is 373 g/mol. The van der Waals surface area contributed by atoms with Crippen LogP contribution >= 0.6 is 0 Å². The molecule has 2 amide bonds. The highest BCUT2D eigenvalue weighted by Crippen LogP contribution is 2.32. The lowest BCUT2D eigenvalue weighted by Gasteiger charge is -2.37. The van der Waals surface area contributed by atoms with E-state index in [9.17, 15) is 9.59 Å².